The van der Waals surface area contributed by atoms with Crippen LogP contribution in [0.25, 0.3) is 0 Å². The van der Waals surface area contributed by atoms with Gasteiger partial charge in [-0.2, -0.15) is 0 Å². The van der Waals surface area contributed by atoms with E-state index in [1.54, 1.807) is 18.2 Å². The summed E-state index contributed by atoms with van der Waals surface area (Å²) >= 11 is 5.98. The van der Waals surface area contributed by atoms with Gasteiger partial charge in [-0.3, -0.25) is 14.9 Å². The number of benzene rings is 2. The maximum atomic E-state index is 12.3. The summed E-state index contributed by atoms with van der Waals surface area (Å²) in [4.78, 5) is 34.7. The smallest absolute Gasteiger partial charge is 0.345 e. The van der Waals surface area contributed by atoms with Crippen LogP contribution in [0.4, 0.5) is 11.4 Å². The number of esters is 1. The first kappa shape index (κ1) is 21.0. The number of aryl methyl sites for hydroxylation is 1. The van der Waals surface area contributed by atoms with Crippen molar-refractivity contribution < 1.29 is 28.7 Å². The van der Waals surface area contributed by atoms with E-state index >= 15 is 0 Å². The highest BCUT2D eigenvalue weighted by Crippen LogP contribution is 2.34. The third-order valence-corrected chi connectivity index (χ3v) is 4.12. The lowest BCUT2D eigenvalue weighted by molar-refractivity contribution is -0.385. The first-order valence-electron chi connectivity index (χ1n) is 7.90. The number of halogens is 1. The zero-order valence-corrected chi connectivity index (χ0v) is 16.0. The number of methoxy groups -OCH3 is 2. The molecule has 0 radical (unpaired) electrons. The second-order valence-corrected chi connectivity index (χ2v) is 5.98. The van der Waals surface area contributed by atoms with Crippen molar-refractivity contribution in [1.29, 1.82) is 0 Å². The molecule has 1 N–H and O–H groups in total. The lowest BCUT2D eigenvalue weighted by Gasteiger charge is -2.11. The Balaban J connectivity index is 2.12. The van der Waals surface area contributed by atoms with E-state index in [1.165, 1.54) is 14.2 Å². The monoisotopic (exact) mass is 408 g/mol. The Hall–Kier alpha value is -3.33. The predicted octanol–water partition coefficient (Wildman–Crippen LogP) is 3.37. The Bertz CT molecular complexity index is 930. The fourth-order valence-electron chi connectivity index (χ4n) is 2.26. The molecule has 0 aromatic heterocycles. The van der Waals surface area contributed by atoms with E-state index in [0.29, 0.717) is 10.7 Å². The molecule has 2 rings (SSSR count). The Kier molecular flexibility index (Phi) is 6.78. The highest BCUT2D eigenvalue weighted by atomic mass is 35.5. The number of carbonyl (C=O) groups is 2. The zero-order chi connectivity index (χ0) is 20.8. The van der Waals surface area contributed by atoms with Crippen LogP contribution in [0.3, 0.4) is 0 Å². The topological polar surface area (TPSA) is 117 Å². The van der Waals surface area contributed by atoms with Crippen molar-refractivity contribution in [3.05, 3.63) is 56.6 Å². The lowest BCUT2D eigenvalue weighted by atomic mass is 10.1. The second-order valence-electron chi connectivity index (χ2n) is 5.57. The predicted molar refractivity (Wildman–Crippen MR) is 101 cm³/mol. The maximum Gasteiger partial charge on any atom is 0.345 e. The summed E-state index contributed by atoms with van der Waals surface area (Å²) in [5.41, 5.74) is 0.364. The van der Waals surface area contributed by atoms with Crippen LogP contribution in [0.5, 0.6) is 11.5 Å². The van der Waals surface area contributed by atoms with Crippen LogP contribution >= 0.6 is 11.6 Å². The molecule has 2 aromatic rings. The van der Waals surface area contributed by atoms with Crippen LogP contribution in [0.2, 0.25) is 5.02 Å². The highest BCUT2D eigenvalue weighted by Gasteiger charge is 2.26. The molecule has 148 valence electrons. The summed E-state index contributed by atoms with van der Waals surface area (Å²) < 4.78 is 14.9. The second kappa shape index (κ2) is 9.05. The summed E-state index contributed by atoms with van der Waals surface area (Å²) in [5, 5.41) is 14.2. The molecule has 0 bridgehead atoms. The van der Waals surface area contributed by atoms with E-state index in [2.05, 4.69) is 5.32 Å². The van der Waals surface area contributed by atoms with Crippen molar-refractivity contribution in [1.82, 2.24) is 0 Å². The third-order valence-electron chi connectivity index (χ3n) is 3.71. The zero-order valence-electron chi connectivity index (χ0n) is 15.3. The molecular weight excluding hydrogens is 392 g/mol. The molecule has 0 fully saturated rings. The fraction of sp³-hybridized carbons (Fsp3) is 0.222. The van der Waals surface area contributed by atoms with Crippen LogP contribution in [-0.4, -0.2) is 37.6 Å². The van der Waals surface area contributed by atoms with Crippen LogP contribution in [-0.2, 0) is 9.53 Å². The van der Waals surface area contributed by atoms with Crippen LogP contribution in [0.1, 0.15) is 15.9 Å². The van der Waals surface area contributed by atoms with Crippen molar-refractivity contribution in [3.8, 4) is 11.5 Å². The molecule has 0 spiro atoms. The van der Waals surface area contributed by atoms with Gasteiger partial charge in [-0.25, -0.2) is 4.79 Å². The summed E-state index contributed by atoms with van der Waals surface area (Å²) in [6, 6.07) is 7.08. The van der Waals surface area contributed by atoms with Gasteiger partial charge in [0.2, 0.25) is 0 Å². The number of amides is 1. The molecule has 9 nitrogen and oxygen atoms in total. The molecule has 2 aromatic carbocycles. The Morgan fingerprint density at radius 2 is 1.79 bits per heavy atom. The Morgan fingerprint density at radius 1 is 1.14 bits per heavy atom. The summed E-state index contributed by atoms with van der Waals surface area (Å²) in [5.74, 6) is -1.49. The quantitative estimate of drug-likeness (QED) is 0.424. The van der Waals surface area contributed by atoms with E-state index < -0.39 is 29.1 Å². The summed E-state index contributed by atoms with van der Waals surface area (Å²) in [6.07, 6.45) is 0. The van der Waals surface area contributed by atoms with Crippen molar-refractivity contribution in [3.63, 3.8) is 0 Å². The third kappa shape index (κ3) is 4.89. The summed E-state index contributed by atoms with van der Waals surface area (Å²) in [6.45, 7) is 1.17. The molecule has 0 aliphatic rings. The SMILES string of the molecule is COc1cc(C(=O)OCC(=O)Nc2ccc(C)c(Cl)c2)c([N+](=O)[O-])cc1OC. The Labute approximate surface area is 165 Å². The van der Waals surface area contributed by atoms with Gasteiger partial charge in [0.25, 0.3) is 11.6 Å². The molecule has 0 aliphatic heterocycles. The number of rotatable bonds is 7. The molecule has 1 amide bonds. The minimum Gasteiger partial charge on any atom is -0.493 e. The van der Waals surface area contributed by atoms with Gasteiger partial charge in [0.05, 0.1) is 25.2 Å². The number of anilines is 1. The van der Waals surface area contributed by atoms with Crippen molar-refractivity contribution >= 4 is 34.9 Å². The molecule has 0 aliphatic carbocycles. The number of ether oxygens (including phenoxy) is 3. The lowest BCUT2D eigenvalue weighted by Crippen LogP contribution is -2.21. The molecule has 0 atom stereocenters. The number of nitro groups is 1. The number of carbonyl (C=O) groups excluding carboxylic acids is 2. The van der Waals surface area contributed by atoms with Crippen molar-refractivity contribution in [2.45, 2.75) is 6.92 Å². The number of nitrogens with one attached hydrogen (secondary N) is 1. The molecule has 0 saturated carbocycles. The molecule has 0 unspecified atom stereocenters. The Morgan fingerprint density at radius 3 is 2.36 bits per heavy atom. The largest absolute Gasteiger partial charge is 0.493 e. The number of nitrogens with zero attached hydrogens (tertiary/aromatic N) is 1. The first-order chi connectivity index (χ1) is 13.3. The van der Waals surface area contributed by atoms with E-state index in [0.717, 1.165) is 17.7 Å². The van der Waals surface area contributed by atoms with E-state index in [-0.39, 0.29) is 17.1 Å². The van der Waals surface area contributed by atoms with Gasteiger partial charge in [0.1, 0.15) is 5.56 Å². The maximum absolute atomic E-state index is 12.3. The van der Waals surface area contributed by atoms with Gasteiger partial charge in [-0.05, 0) is 24.6 Å². The first-order valence-corrected chi connectivity index (χ1v) is 8.28. The number of hydrogen-bond acceptors (Lipinski definition) is 7. The number of hydrogen-bond donors (Lipinski definition) is 1. The molecular formula is C18H17ClN2O7. The minimum atomic E-state index is -1.05. The van der Waals surface area contributed by atoms with E-state index in [9.17, 15) is 19.7 Å². The average Bonchev–Trinajstić information content (AvgIpc) is 2.67. The van der Waals surface area contributed by atoms with Gasteiger partial charge in [0, 0.05) is 16.8 Å². The summed E-state index contributed by atoms with van der Waals surface area (Å²) in [7, 11) is 2.63. The molecule has 10 heteroatoms. The van der Waals surface area contributed by atoms with Gasteiger partial charge in [-0.15, -0.1) is 0 Å². The number of nitro benzene ring substituents is 1. The molecule has 0 saturated heterocycles. The average molecular weight is 409 g/mol. The van der Waals surface area contributed by atoms with E-state index in [4.69, 9.17) is 25.8 Å². The van der Waals surface area contributed by atoms with Gasteiger partial charge in [0.15, 0.2) is 18.1 Å². The van der Waals surface area contributed by atoms with Crippen LogP contribution < -0.4 is 14.8 Å². The van der Waals surface area contributed by atoms with Crippen LogP contribution in [0.15, 0.2) is 30.3 Å². The van der Waals surface area contributed by atoms with Gasteiger partial charge in [-0.1, -0.05) is 17.7 Å². The van der Waals surface area contributed by atoms with Crippen LogP contribution in [0, 0.1) is 17.0 Å². The van der Waals surface area contributed by atoms with E-state index in [1.807, 2.05) is 6.92 Å². The highest BCUT2D eigenvalue weighted by molar-refractivity contribution is 6.31. The van der Waals surface area contributed by atoms with Crippen molar-refractivity contribution in [2.75, 3.05) is 26.1 Å². The minimum absolute atomic E-state index is 0.0831. The van der Waals surface area contributed by atoms with Gasteiger partial charge < -0.3 is 19.5 Å². The standard InChI is InChI=1S/C18H17ClN2O7/c1-10-4-5-11(6-13(10)19)20-17(22)9-28-18(23)12-7-15(26-2)16(27-3)8-14(12)21(24)25/h4-8H,9H2,1-3H3,(H,20,22). The van der Waals surface area contributed by atoms with Crippen molar-refractivity contribution in [2.24, 2.45) is 0 Å². The fourth-order valence-corrected chi connectivity index (χ4v) is 2.44. The normalized spacial score (nSPS) is 10.1. The van der Waals surface area contributed by atoms with Gasteiger partial charge >= 0.3 is 5.97 Å². The molecule has 0 heterocycles. The molecule has 28 heavy (non-hydrogen) atoms.